The van der Waals surface area contributed by atoms with E-state index < -0.39 is 23.7 Å². The van der Waals surface area contributed by atoms with E-state index in [1.165, 1.54) is 6.07 Å². The molecule has 0 fully saturated rings. The Balaban J connectivity index is 1.98. The van der Waals surface area contributed by atoms with Crippen LogP contribution in [0.2, 0.25) is 0 Å². The normalized spacial score (nSPS) is 11.1. The number of halogens is 3. The molecule has 3 amide bonds. The molecule has 6 nitrogen and oxygen atoms in total. The maximum absolute atomic E-state index is 12.4. The largest absolute Gasteiger partial charge is 0.416 e. The van der Waals surface area contributed by atoms with Crippen molar-refractivity contribution in [1.82, 2.24) is 10.5 Å². The van der Waals surface area contributed by atoms with Gasteiger partial charge in [0.05, 0.1) is 5.56 Å². The van der Waals surface area contributed by atoms with Gasteiger partial charge in [0.1, 0.15) is 5.76 Å². The summed E-state index contributed by atoms with van der Waals surface area (Å²) >= 11 is 0. The molecule has 0 aliphatic heterocycles. The van der Waals surface area contributed by atoms with Gasteiger partial charge in [-0.25, -0.2) is 4.79 Å². The number of nitrogens with zero attached hydrogens (tertiary/aromatic N) is 1. The number of alkyl halides is 3. The highest BCUT2D eigenvalue weighted by Gasteiger charge is 2.30. The first kappa shape index (κ1) is 15.5. The van der Waals surface area contributed by atoms with Gasteiger partial charge in [-0.1, -0.05) is 5.16 Å². The van der Waals surface area contributed by atoms with Crippen molar-refractivity contribution in [2.45, 2.75) is 13.1 Å². The molecular formula is C13H10F3N3O3. The fourth-order valence-electron chi connectivity index (χ4n) is 1.56. The van der Waals surface area contributed by atoms with E-state index in [-0.39, 0.29) is 11.4 Å². The fourth-order valence-corrected chi connectivity index (χ4v) is 1.56. The molecule has 0 aliphatic carbocycles. The Kier molecular flexibility index (Phi) is 4.15. The molecule has 0 unspecified atom stereocenters. The average Bonchev–Trinajstić information content (AvgIpc) is 2.83. The van der Waals surface area contributed by atoms with Gasteiger partial charge < -0.3 is 4.52 Å². The monoisotopic (exact) mass is 313 g/mol. The summed E-state index contributed by atoms with van der Waals surface area (Å²) in [6.45, 7) is 1.61. The van der Waals surface area contributed by atoms with Crippen molar-refractivity contribution in [3.05, 3.63) is 47.2 Å². The van der Waals surface area contributed by atoms with Crippen LogP contribution in [0.1, 0.15) is 21.7 Å². The number of benzene rings is 1. The number of aryl methyl sites for hydroxylation is 1. The molecule has 22 heavy (non-hydrogen) atoms. The zero-order valence-corrected chi connectivity index (χ0v) is 11.2. The van der Waals surface area contributed by atoms with Gasteiger partial charge in [-0.2, -0.15) is 13.2 Å². The minimum absolute atomic E-state index is 0.0838. The molecule has 0 spiro atoms. The molecule has 1 aromatic carbocycles. The SMILES string of the molecule is Cc1cc(NC(=O)NC(=O)c2ccc(C(F)(F)F)cc2)no1. The lowest BCUT2D eigenvalue weighted by Gasteiger charge is -2.07. The van der Waals surface area contributed by atoms with Crippen molar-refractivity contribution in [3.8, 4) is 0 Å². The van der Waals surface area contributed by atoms with E-state index in [4.69, 9.17) is 4.52 Å². The average molecular weight is 313 g/mol. The first-order chi connectivity index (χ1) is 10.3. The van der Waals surface area contributed by atoms with Crippen LogP contribution in [0.4, 0.5) is 23.8 Å². The number of anilines is 1. The topological polar surface area (TPSA) is 84.2 Å². The van der Waals surface area contributed by atoms with Crippen LogP contribution in [0.15, 0.2) is 34.9 Å². The number of carbonyl (C=O) groups is 2. The summed E-state index contributed by atoms with van der Waals surface area (Å²) in [4.78, 5) is 23.2. The summed E-state index contributed by atoms with van der Waals surface area (Å²) in [5.74, 6) is -0.272. The summed E-state index contributed by atoms with van der Waals surface area (Å²) in [5, 5.41) is 7.69. The lowest BCUT2D eigenvalue weighted by atomic mass is 10.1. The van der Waals surface area contributed by atoms with E-state index in [2.05, 4.69) is 10.5 Å². The Bertz CT molecular complexity index is 693. The van der Waals surface area contributed by atoms with Crippen molar-refractivity contribution >= 4 is 17.8 Å². The van der Waals surface area contributed by atoms with Crippen LogP contribution < -0.4 is 10.6 Å². The first-order valence-electron chi connectivity index (χ1n) is 5.98. The third-order valence-electron chi connectivity index (χ3n) is 2.57. The van der Waals surface area contributed by atoms with E-state index in [0.29, 0.717) is 5.76 Å². The van der Waals surface area contributed by atoms with E-state index >= 15 is 0 Å². The van der Waals surface area contributed by atoms with Crippen molar-refractivity contribution in [2.24, 2.45) is 0 Å². The number of hydrogen-bond donors (Lipinski definition) is 2. The third kappa shape index (κ3) is 3.84. The Morgan fingerprint density at radius 1 is 1.18 bits per heavy atom. The number of rotatable bonds is 2. The minimum Gasteiger partial charge on any atom is -0.360 e. The van der Waals surface area contributed by atoms with E-state index in [0.717, 1.165) is 24.3 Å². The van der Waals surface area contributed by atoms with Gasteiger partial charge >= 0.3 is 12.2 Å². The number of hydrogen-bond acceptors (Lipinski definition) is 4. The minimum atomic E-state index is -4.49. The van der Waals surface area contributed by atoms with Gasteiger partial charge in [0, 0.05) is 11.6 Å². The predicted molar refractivity (Wildman–Crippen MR) is 69.2 cm³/mol. The fraction of sp³-hybridized carbons (Fsp3) is 0.154. The zero-order chi connectivity index (χ0) is 16.3. The Morgan fingerprint density at radius 3 is 2.32 bits per heavy atom. The number of amides is 3. The molecule has 1 heterocycles. The molecule has 0 bridgehead atoms. The zero-order valence-electron chi connectivity index (χ0n) is 11.2. The standard InChI is InChI=1S/C13H10F3N3O3/c1-7-6-10(19-22-7)17-12(21)18-11(20)8-2-4-9(5-3-8)13(14,15)16/h2-6H,1H3,(H2,17,18,19,20,21). The summed E-state index contributed by atoms with van der Waals surface area (Å²) in [5.41, 5.74) is -0.967. The van der Waals surface area contributed by atoms with Crippen molar-refractivity contribution in [2.75, 3.05) is 5.32 Å². The van der Waals surface area contributed by atoms with Crippen LogP contribution in [-0.4, -0.2) is 17.1 Å². The lowest BCUT2D eigenvalue weighted by molar-refractivity contribution is -0.137. The van der Waals surface area contributed by atoms with Crippen LogP contribution >= 0.6 is 0 Å². The van der Waals surface area contributed by atoms with Gasteiger partial charge in [0.25, 0.3) is 5.91 Å². The molecule has 2 rings (SSSR count). The van der Waals surface area contributed by atoms with Crippen molar-refractivity contribution < 1.29 is 27.3 Å². The third-order valence-corrected chi connectivity index (χ3v) is 2.57. The smallest absolute Gasteiger partial charge is 0.360 e. The molecule has 0 atom stereocenters. The second kappa shape index (κ2) is 5.88. The summed E-state index contributed by atoms with van der Waals surface area (Å²) in [7, 11) is 0. The second-order valence-electron chi connectivity index (χ2n) is 4.31. The molecular weight excluding hydrogens is 303 g/mol. The highest BCUT2D eigenvalue weighted by atomic mass is 19.4. The Hall–Kier alpha value is -2.84. The van der Waals surface area contributed by atoms with E-state index in [9.17, 15) is 22.8 Å². The van der Waals surface area contributed by atoms with Gasteiger partial charge in [0.2, 0.25) is 0 Å². The molecule has 0 aliphatic rings. The number of imide groups is 1. The molecule has 116 valence electrons. The molecule has 2 aromatic rings. The van der Waals surface area contributed by atoms with Crippen molar-refractivity contribution in [3.63, 3.8) is 0 Å². The van der Waals surface area contributed by atoms with Crippen LogP contribution in [0.25, 0.3) is 0 Å². The number of nitrogens with one attached hydrogen (secondary N) is 2. The molecule has 2 N–H and O–H groups in total. The number of aromatic nitrogens is 1. The van der Waals surface area contributed by atoms with Crippen LogP contribution in [0.5, 0.6) is 0 Å². The summed E-state index contributed by atoms with van der Waals surface area (Å²) in [6, 6.07) is 4.03. The maximum atomic E-state index is 12.4. The summed E-state index contributed by atoms with van der Waals surface area (Å²) < 4.78 is 41.9. The molecule has 0 radical (unpaired) electrons. The highest BCUT2D eigenvalue weighted by molar-refractivity contribution is 6.07. The molecule has 9 heteroatoms. The van der Waals surface area contributed by atoms with Gasteiger partial charge in [-0.05, 0) is 31.2 Å². The van der Waals surface area contributed by atoms with Gasteiger partial charge in [-0.15, -0.1) is 0 Å². The van der Waals surface area contributed by atoms with Gasteiger partial charge in [-0.3, -0.25) is 15.4 Å². The highest BCUT2D eigenvalue weighted by Crippen LogP contribution is 2.29. The first-order valence-corrected chi connectivity index (χ1v) is 5.98. The van der Waals surface area contributed by atoms with Crippen LogP contribution in [0.3, 0.4) is 0 Å². The van der Waals surface area contributed by atoms with Gasteiger partial charge in [0.15, 0.2) is 5.82 Å². The number of carbonyl (C=O) groups excluding carboxylic acids is 2. The predicted octanol–water partition coefficient (Wildman–Crippen LogP) is 2.96. The summed E-state index contributed by atoms with van der Waals surface area (Å²) in [6.07, 6.45) is -4.49. The van der Waals surface area contributed by atoms with Crippen LogP contribution in [-0.2, 0) is 6.18 Å². The van der Waals surface area contributed by atoms with Crippen molar-refractivity contribution in [1.29, 1.82) is 0 Å². The Labute approximate surface area is 122 Å². The van der Waals surface area contributed by atoms with Crippen LogP contribution in [0, 0.1) is 6.92 Å². The lowest BCUT2D eigenvalue weighted by Crippen LogP contribution is -2.34. The molecule has 0 saturated carbocycles. The molecule has 1 aromatic heterocycles. The van der Waals surface area contributed by atoms with E-state index in [1.807, 2.05) is 5.32 Å². The van der Waals surface area contributed by atoms with E-state index in [1.54, 1.807) is 6.92 Å². The second-order valence-corrected chi connectivity index (χ2v) is 4.31. The Morgan fingerprint density at radius 2 is 1.82 bits per heavy atom. The molecule has 0 saturated heterocycles. The quantitative estimate of drug-likeness (QED) is 0.892. The number of urea groups is 1. The maximum Gasteiger partial charge on any atom is 0.416 e.